The van der Waals surface area contributed by atoms with Crippen LogP contribution in [0.4, 0.5) is 0 Å². The highest BCUT2D eigenvalue weighted by Crippen LogP contribution is 2.00. The number of aldehydes is 1. The van der Waals surface area contributed by atoms with Crippen LogP contribution in [0, 0.1) is 0 Å². The molecule has 0 unspecified atom stereocenters. The average molecular weight is 161 g/mol. The summed E-state index contributed by atoms with van der Waals surface area (Å²) in [5.41, 5.74) is 0. The Bertz CT molecular complexity index is 99.4. The van der Waals surface area contributed by atoms with Crippen LogP contribution in [0.3, 0.4) is 0 Å². The van der Waals surface area contributed by atoms with Crippen LogP contribution < -0.4 is 0 Å². The molecule has 0 aliphatic rings. The minimum atomic E-state index is 0.747. The van der Waals surface area contributed by atoms with E-state index in [0.717, 1.165) is 37.8 Å². The third-order valence-corrected chi connectivity index (χ3v) is 1.49. The summed E-state index contributed by atoms with van der Waals surface area (Å²) >= 11 is 5.47. The number of rotatable bonds is 6. The Morgan fingerprint density at radius 3 is 2.60 bits per heavy atom. The second-order valence-electron chi connectivity index (χ2n) is 2.10. The lowest BCUT2D eigenvalue weighted by atomic mass is 10.2. The van der Waals surface area contributed by atoms with Gasteiger partial charge in [0.05, 0.1) is 0 Å². The summed E-state index contributed by atoms with van der Waals surface area (Å²) < 4.78 is 0. The van der Waals surface area contributed by atoms with E-state index < -0.39 is 0 Å². The summed E-state index contributed by atoms with van der Waals surface area (Å²) in [6, 6.07) is 0. The molecule has 0 aliphatic heterocycles. The van der Waals surface area contributed by atoms with E-state index in [0.29, 0.717) is 0 Å². The summed E-state index contributed by atoms with van der Waals surface area (Å²) in [5.74, 6) is 0.747. The minimum absolute atomic E-state index is 0.747. The first-order valence-electron chi connectivity index (χ1n) is 3.58. The molecule has 0 amide bonds. The SMILES string of the molecule is O=C/C=C\CCCCCCl. The van der Waals surface area contributed by atoms with E-state index >= 15 is 0 Å². The maximum atomic E-state index is 9.79. The van der Waals surface area contributed by atoms with Crippen molar-refractivity contribution in [1.29, 1.82) is 0 Å². The molecular weight excluding hydrogens is 148 g/mol. The van der Waals surface area contributed by atoms with Gasteiger partial charge in [0, 0.05) is 5.88 Å². The molecule has 0 aromatic heterocycles. The molecule has 0 bridgehead atoms. The van der Waals surface area contributed by atoms with Crippen molar-refractivity contribution in [3.05, 3.63) is 12.2 Å². The van der Waals surface area contributed by atoms with Gasteiger partial charge < -0.3 is 0 Å². The monoisotopic (exact) mass is 160 g/mol. The second-order valence-corrected chi connectivity index (χ2v) is 2.48. The number of alkyl halides is 1. The fourth-order valence-electron chi connectivity index (χ4n) is 0.685. The number of halogens is 1. The maximum Gasteiger partial charge on any atom is 0.142 e. The number of hydrogen-bond acceptors (Lipinski definition) is 1. The molecule has 10 heavy (non-hydrogen) atoms. The number of allylic oxidation sites excluding steroid dienone is 2. The van der Waals surface area contributed by atoms with Crippen molar-refractivity contribution in [1.82, 2.24) is 0 Å². The zero-order chi connectivity index (χ0) is 7.66. The highest BCUT2D eigenvalue weighted by Gasteiger charge is 1.83. The molecule has 2 heteroatoms. The van der Waals surface area contributed by atoms with Gasteiger partial charge in [0.2, 0.25) is 0 Å². The van der Waals surface area contributed by atoms with E-state index in [1.165, 1.54) is 0 Å². The number of carbonyl (C=O) groups is 1. The molecule has 0 aliphatic carbocycles. The summed E-state index contributed by atoms with van der Waals surface area (Å²) in [4.78, 5) is 9.79. The maximum absolute atomic E-state index is 9.79. The molecule has 1 nitrogen and oxygen atoms in total. The normalized spacial score (nSPS) is 10.5. The van der Waals surface area contributed by atoms with Crippen molar-refractivity contribution >= 4 is 17.9 Å². The topological polar surface area (TPSA) is 17.1 Å². The van der Waals surface area contributed by atoms with Crippen LogP contribution in [0.25, 0.3) is 0 Å². The van der Waals surface area contributed by atoms with Gasteiger partial charge in [0.15, 0.2) is 0 Å². The molecule has 0 atom stereocenters. The number of hydrogen-bond donors (Lipinski definition) is 0. The number of carbonyl (C=O) groups excluding carboxylic acids is 1. The molecule has 0 saturated heterocycles. The molecule has 0 rings (SSSR count). The van der Waals surface area contributed by atoms with Gasteiger partial charge in [-0.3, -0.25) is 4.79 Å². The lowest BCUT2D eigenvalue weighted by Crippen LogP contribution is -1.76. The fraction of sp³-hybridized carbons (Fsp3) is 0.625. The van der Waals surface area contributed by atoms with Crippen molar-refractivity contribution in [3.8, 4) is 0 Å². The largest absolute Gasteiger partial charge is 0.299 e. The highest BCUT2D eigenvalue weighted by molar-refractivity contribution is 6.17. The van der Waals surface area contributed by atoms with Gasteiger partial charge in [-0.05, 0) is 25.3 Å². The first-order chi connectivity index (χ1) is 4.91. The zero-order valence-electron chi connectivity index (χ0n) is 6.05. The van der Waals surface area contributed by atoms with E-state index in [2.05, 4.69) is 0 Å². The van der Waals surface area contributed by atoms with Gasteiger partial charge in [-0.1, -0.05) is 12.5 Å². The standard InChI is InChI=1S/C8H13ClO/c9-7-5-3-1-2-4-6-8-10/h4,6,8H,1-3,5,7H2/b6-4-. The average Bonchev–Trinajstić information content (AvgIpc) is 1.97. The van der Waals surface area contributed by atoms with Gasteiger partial charge in [-0.15, -0.1) is 11.6 Å². The third kappa shape index (κ3) is 7.70. The Hall–Kier alpha value is -0.300. The Labute approximate surface area is 67.1 Å². The van der Waals surface area contributed by atoms with Gasteiger partial charge in [-0.2, -0.15) is 0 Å². The van der Waals surface area contributed by atoms with Crippen molar-refractivity contribution < 1.29 is 4.79 Å². The Morgan fingerprint density at radius 1 is 1.20 bits per heavy atom. The van der Waals surface area contributed by atoms with E-state index in [-0.39, 0.29) is 0 Å². The Balaban J connectivity index is 2.90. The van der Waals surface area contributed by atoms with E-state index in [4.69, 9.17) is 11.6 Å². The van der Waals surface area contributed by atoms with Crippen molar-refractivity contribution in [2.45, 2.75) is 25.7 Å². The van der Waals surface area contributed by atoms with Gasteiger partial charge in [0.25, 0.3) is 0 Å². The molecule has 0 aromatic rings. The Morgan fingerprint density at radius 2 is 2.00 bits per heavy atom. The van der Waals surface area contributed by atoms with E-state index in [1.807, 2.05) is 6.08 Å². The van der Waals surface area contributed by atoms with Gasteiger partial charge in [-0.25, -0.2) is 0 Å². The highest BCUT2D eigenvalue weighted by atomic mass is 35.5. The predicted molar refractivity (Wildman–Crippen MR) is 44.4 cm³/mol. The first-order valence-corrected chi connectivity index (χ1v) is 4.11. The van der Waals surface area contributed by atoms with Crippen molar-refractivity contribution in [2.24, 2.45) is 0 Å². The molecule has 0 aromatic carbocycles. The molecule has 0 radical (unpaired) electrons. The van der Waals surface area contributed by atoms with Crippen LogP contribution in [0.15, 0.2) is 12.2 Å². The smallest absolute Gasteiger partial charge is 0.142 e. The fourth-order valence-corrected chi connectivity index (χ4v) is 0.874. The summed E-state index contributed by atoms with van der Waals surface area (Å²) in [6.45, 7) is 0. The summed E-state index contributed by atoms with van der Waals surface area (Å²) in [6.07, 6.45) is 8.61. The lowest BCUT2D eigenvalue weighted by Gasteiger charge is -1.91. The molecule has 0 heterocycles. The van der Waals surface area contributed by atoms with Crippen LogP contribution in [0.1, 0.15) is 25.7 Å². The van der Waals surface area contributed by atoms with Gasteiger partial charge in [0.1, 0.15) is 6.29 Å². The molecule has 0 N–H and O–H groups in total. The zero-order valence-corrected chi connectivity index (χ0v) is 6.81. The molecule has 0 spiro atoms. The van der Waals surface area contributed by atoms with Crippen LogP contribution >= 0.6 is 11.6 Å². The summed E-state index contributed by atoms with van der Waals surface area (Å²) in [5, 5.41) is 0. The Kier molecular flexibility index (Phi) is 8.44. The minimum Gasteiger partial charge on any atom is -0.299 e. The van der Waals surface area contributed by atoms with Crippen LogP contribution in [-0.2, 0) is 4.79 Å². The molecule has 0 fully saturated rings. The lowest BCUT2D eigenvalue weighted by molar-refractivity contribution is -0.104. The summed E-state index contributed by atoms with van der Waals surface area (Å²) in [7, 11) is 0. The van der Waals surface area contributed by atoms with E-state index in [1.54, 1.807) is 6.08 Å². The number of unbranched alkanes of at least 4 members (excludes halogenated alkanes) is 3. The van der Waals surface area contributed by atoms with Gasteiger partial charge >= 0.3 is 0 Å². The molecular formula is C8H13ClO. The van der Waals surface area contributed by atoms with E-state index in [9.17, 15) is 4.79 Å². The van der Waals surface area contributed by atoms with Crippen LogP contribution in [0.5, 0.6) is 0 Å². The molecule has 0 saturated carbocycles. The van der Waals surface area contributed by atoms with Crippen molar-refractivity contribution in [2.75, 3.05) is 5.88 Å². The van der Waals surface area contributed by atoms with Crippen molar-refractivity contribution in [3.63, 3.8) is 0 Å². The third-order valence-electron chi connectivity index (χ3n) is 1.22. The van der Waals surface area contributed by atoms with Crippen LogP contribution in [0.2, 0.25) is 0 Å². The second kappa shape index (κ2) is 8.70. The molecule has 58 valence electrons. The van der Waals surface area contributed by atoms with Crippen LogP contribution in [-0.4, -0.2) is 12.2 Å². The quantitative estimate of drug-likeness (QED) is 0.253. The predicted octanol–water partition coefficient (Wildman–Crippen LogP) is 2.54. The first kappa shape index (κ1) is 9.70.